The number of hydrogen-bond acceptors (Lipinski definition) is 3. The molecule has 0 spiro atoms. The van der Waals surface area contributed by atoms with Crippen molar-refractivity contribution in [1.29, 1.82) is 0 Å². The highest BCUT2D eigenvalue weighted by Gasteiger charge is 2.37. The molecule has 0 heterocycles. The third kappa shape index (κ3) is 3.92. The number of ether oxygens (including phenoxy) is 1. The van der Waals surface area contributed by atoms with Crippen molar-refractivity contribution >= 4 is 6.03 Å². The molecule has 0 radical (unpaired) electrons. The van der Waals surface area contributed by atoms with Gasteiger partial charge in [0.2, 0.25) is 0 Å². The van der Waals surface area contributed by atoms with Crippen molar-refractivity contribution in [3.8, 4) is 0 Å². The number of hydrogen-bond donors (Lipinski definition) is 3. The van der Waals surface area contributed by atoms with E-state index in [1.54, 1.807) is 13.2 Å². The number of carbonyl (C=O) groups is 1. The van der Waals surface area contributed by atoms with Gasteiger partial charge in [0, 0.05) is 25.8 Å². The molecule has 2 amide bonds. The zero-order valence-electron chi connectivity index (χ0n) is 12.1. The standard InChI is InChI=1S/C15H21FN2O3/c1-21-15(5-2-6-15)10-18-14(20)17-8-11-3-4-13(16)12(7-11)9-19/h3-4,7,19H,2,5-6,8-10H2,1H3,(H2,17,18,20). The van der Waals surface area contributed by atoms with E-state index >= 15 is 0 Å². The summed E-state index contributed by atoms with van der Waals surface area (Å²) in [6.07, 6.45) is 3.04. The second-order valence-corrected chi connectivity index (χ2v) is 5.36. The Hall–Kier alpha value is -1.66. The number of carbonyl (C=O) groups excluding carboxylic acids is 1. The fourth-order valence-corrected chi connectivity index (χ4v) is 2.37. The number of urea groups is 1. The molecular weight excluding hydrogens is 275 g/mol. The monoisotopic (exact) mass is 296 g/mol. The summed E-state index contributed by atoms with van der Waals surface area (Å²) in [7, 11) is 1.66. The number of halogens is 1. The molecule has 1 aliphatic carbocycles. The molecule has 116 valence electrons. The highest BCUT2D eigenvalue weighted by molar-refractivity contribution is 5.73. The largest absolute Gasteiger partial charge is 0.392 e. The molecule has 0 unspecified atom stereocenters. The van der Waals surface area contributed by atoms with Crippen LogP contribution in [0.25, 0.3) is 0 Å². The zero-order valence-corrected chi connectivity index (χ0v) is 12.1. The van der Waals surface area contributed by atoms with E-state index < -0.39 is 5.82 Å². The number of benzene rings is 1. The second kappa shape index (κ2) is 6.87. The Balaban J connectivity index is 1.78. The van der Waals surface area contributed by atoms with Crippen LogP contribution in [0, 0.1) is 5.82 Å². The van der Waals surface area contributed by atoms with E-state index in [1.165, 1.54) is 12.1 Å². The summed E-state index contributed by atoms with van der Waals surface area (Å²) in [5, 5.41) is 14.5. The molecule has 1 fully saturated rings. The number of rotatable bonds is 6. The summed E-state index contributed by atoms with van der Waals surface area (Å²) in [6, 6.07) is 4.12. The van der Waals surface area contributed by atoms with Crippen LogP contribution in [0.3, 0.4) is 0 Å². The molecule has 0 bridgehead atoms. The summed E-state index contributed by atoms with van der Waals surface area (Å²) in [5.74, 6) is -0.447. The molecule has 1 aromatic carbocycles. The fourth-order valence-electron chi connectivity index (χ4n) is 2.37. The lowest BCUT2D eigenvalue weighted by Crippen LogP contribution is -2.51. The summed E-state index contributed by atoms with van der Waals surface area (Å²) >= 11 is 0. The molecule has 1 aromatic rings. The van der Waals surface area contributed by atoms with Crippen molar-refractivity contribution in [3.05, 3.63) is 35.1 Å². The maximum Gasteiger partial charge on any atom is 0.315 e. The third-order valence-electron chi connectivity index (χ3n) is 4.00. The first kappa shape index (κ1) is 15.7. The van der Waals surface area contributed by atoms with Crippen LogP contribution in [-0.4, -0.2) is 30.4 Å². The first-order valence-corrected chi connectivity index (χ1v) is 7.03. The molecule has 1 aliphatic rings. The van der Waals surface area contributed by atoms with Crippen LogP contribution in [0.1, 0.15) is 30.4 Å². The minimum Gasteiger partial charge on any atom is -0.392 e. The summed E-state index contributed by atoms with van der Waals surface area (Å²) in [4.78, 5) is 11.7. The van der Waals surface area contributed by atoms with Gasteiger partial charge in [0.1, 0.15) is 5.82 Å². The number of aliphatic hydroxyl groups is 1. The van der Waals surface area contributed by atoms with E-state index in [-0.39, 0.29) is 30.3 Å². The molecule has 0 aliphatic heterocycles. The molecule has 5 nitrogen and oxygen atoms in total. The Morgan fingerprint density at radius 2 is 2.19 bits per heavy atom. The lowest BCUT2D eigenvalue weighted by molar-refractivity contribution is -0.0673. The Morgan fingerprint density at radius 3 is 2.76 bits per heavy atom. The van der Waals surface area contributed by atoms with Crippen LogP contribution in [0.4, 0.5) is 9.18 Å². The molecular formula is C15H21FN2O3. The topological polar surface area (TPSA) is 70.6 Å². The maximum absolute atomic E-state index is 13.2. The first-order valence-electron chi connectivity index (χ1n) is 7.03. The minimum atomic E-state index is -0.447. The van der Waals surface area contributed by atoms with Crippen LogP contribution in [0.5, 0.6) is 0 Å². The van der Waals surface area contributed by atoms with Crippen molar-refractivity contribution in [3.63, 3.8) is 0 Å². The maximum atomic E-state index is 13.2. The quantitative estimate of drug-likeness (QED) is 0.748. The molecule has 0 atom stereocenters. The Labute approximate surface area is 123 Å². The lowest BCUT2D eigenvalue weighted by Gasteiger charge is -2.40. The summed E-state index contributed by atoms with van der Waals surface area (Å²) < 4.78 is 18.7. The Morgan fingerprint density at radius 1 is 1.43 bits per heavy atom. The van der Waals surface area contributed by atoms with Gasteiger partial charge in [-0.05, 0) is 37.0 Å². The second-order valence-electron chi connectivity index (χ2n) is 5.36. The van der Waals surface area contributed by atoms with Crippen molar-refractivity contribution in [2.45, 2.75) is 38.0 Å². The molecule has 21 heavy (non-hydrogen) atoms. The Bertz CT molecular complexity index is 498. The number of nitrogens with one attached hydrogen (secondary N) is 2. The van der Waals surface area contributed by atoms with Crippen molar-refractivity contribution in [2.75, 3.05) is 13.7 Å². The molecule has 0 aromatic heterocycles. The van der Waals surface area contributed by atoms with Crippen LogP contribution in [0.15, 0.2) is 18.2 Å². The van der Waals surface area contributed by atoms with E-state index in [1.807, 2.05) is 0 Å². The van der Waals surface area contributed by atoms with Gasteiger partial charge in [-0.25, -0.2) is 9.18 Å². The highest BCUT2D eigenvalue weighted by atomic mass is 19.1. The first-order chi connectivity index (χ1) is 10.1. The Kier molecular flexibility index (Phi) is 5.14. The molecule has 3 N–H and O–H groups in total. The third-order valence-corrected chi connectivity index (χ3v) is 4.00. The molecule has 0 saturated heterocycles. The van der Waals surface area contributed by atoms with Gasteiger partial charge in [-0.3, -0.25) is 0 Å². The van der Waals surface area contributed by atoms with Gasteiger partial charge in [0.05, 0.1) is 12.2 Å². The van der Waals surface area contributed by atoms with E-state index in [0.717, 1.165) is 24.8 Å². The van der Waals surface area contributed by atoms with Gasteiger partial charge < -0.3 is 20.5 Å². The van der Waals surface area contributed by atoms with Crippen molar-refractivity contribution < 1.29 is 19.0 Å². The highest BCUT2D eigenvalue weighted by Crippen LogP contribution is 2.34. The SMILES string of the molecule is COC1(CNC(=O)NCc2ccc(F)c(CO)c2)CCC1. The van der Waals surface area contributed by atoms with Gasteiger partial charge in [0.25, 0.3) is 0 Å². The molecule has 6 heteroatoms. The average Bonchev–Trinajstić information content (AvgIpc) is 2.45. The smallest absolute Gasteiger partial charge is 0.315 e. The average molecular weight is 296 g/mol. The van der Waals surface area contributed by atoms with E-state index in [9.17, 15) is 9.18 Å². The molecule has 2 rings (SSSR count). The van der Waals surface area contributed by atoms with Gasteiger partial charge >= 0.3 is 6.03 Å². The van der Waals surface area contributed by atoms with Gasteiger partial charge in [-0.1, -0.05) is 6.07 Å². The van der Waals surface area contributed by atoms with Gasteiger partial charge in [-0.15, -0.1) is 0 Å². The summed E-state index contributed by atoms with van der Waals surface area (Å²) in [6.45, 7) is 0.405. The minimum absolute atomic E-state index is 0.211. The predicted octanol–water partition coefficient (Wildman–Crippen LogP) is 1.69. The van der Waals surface area contributed by atoms with E-state index in [2.05, 4.69) is 10.6 Å². The number of aliphatic hydroxyl groups excluding tert-OH is 1. The molecule has 1 saturated carbocycles. The van der Waals surface area contributed by atoms with Crippen LogP contribution in [0.2, 0.25) is 0 Å². The van der Waals surface area contributed by atoms with Crippen molar-refractivity contribution in [1.82, 2.24) is 10.6 Å². The van der Waals surface area contributed by atoms with Crippen molar-refractivity contribution in [2.24, 2.45) is 0 Å². The fraction of sp³-hybridized carbons (Fsp3) is 0.533. The summed E-state index contributed by atoms with van der Waals surface area (Å²) in [5.41, 5.74) is 0.750. The van der Waals surface area contributed by atoms with Crippen LogP contribution >= 0.6 is 0 Å². The number of methoxy groups -OCH3 is 1. The van der Waals surface area contributed by atoms with Gasteiger partial charge in [0.15, 0.2) is 0 Å². The predicted molar refractivity (Wildman–Crippen MR) is 76.2 cm³/mol. The number of amides is 2. The zero-order chi connectivity index (χ0) is 15.3. The van der Waals surface area contributed by atoms with Crippen LogP contribution in [-0.2, 0) is 17.9 Å². The normalized spacial score (nSPS) is 16.1. The van der Waals surface area contributed by atoms with Gasteiger partial charge in [-0.2, -0.15) is 0 Å². The lowest BCUT2D eigenvalue weighted by atomic mass is 9.80. The van der Waals surface area contributed by atoms with E-state index in [0.29, 0.717) is 6.54 Å². The van der Waals surface area contributed by atoms with Crippen LogP contribution < -0.4 is 10.6 Å². The van der Waals surface area contributed by atoms with E-state index in [4.69, 9.17) is 9.84 Å².